The van der Waals surface area contributed by atoms with Crippen LogP contribution in [0.15, 0.2) is 55.1 Å². The minimum Gasteiger partial charge on any atom is -0.457 e. The Morgan fingerprint density at radius 2 is 1.67 bits per heavy atom. The second-order valence-corrected chi connectivity index (χ2v) is 7.13. The summed E-state index contributed by atoms with van der Waals surface area (Å²) in [6, 6.07) is 12.0. The van der Waals surface area contributed by atoms with Crippen molar-refractivity contribution < 1.29 is 14.6 Å². The lowest BCUT2D eigenvalue weighted by atomic mass is 10.0. The van der Waals surface area contributed by atoms with E-state index in [1.54, 1.807) is 47.0 Å². The van der Waals surface area contributed by atoms with Crippen molar-refractivity contribution in [2.75, 3.05) is 0 Å². The summed E-state index contributed by atoms with van der Waals surface area (Å²) in [7, 11) is 0. The van der Waals surface area contributed by atoms with Gasteiger partial charge >= 0.3 is 0 Å². The molecule has 0 aliphatic heterocycles. The van der Waals surface area contributed by atoms with Crippen LogP contribution in [0.1, 0.15) is 19.4 Å². The third-order valence-electron chi connectivity index (χ3n) is 3.70. The van der Waals surface area contributed by atoms with E-state index in [0.717, 1.165) is 0 Å². The summed E-state index contributed by atoms with van der Waals surface area (Å²) in [6.07, 6.45) is 2.77. The topological polar surface area (TPSA) is 69.4 Å². The van der Waals surface area contributed by atoms with Crippen LogP contribution >= 0.6 is 23.2 Å². The van der Waals surface area contributed by atoms with Gasteiger partial charge in [-0.1, -0.05) is 23.2 Å². The van der Waals surface area contributed by atoms with Crippen LogP contribution in [-0.4, -0.2) is 26.0 Å². The fraction of sp³-hybridized carbons (Fsp3) is 0.263. The maximum atomic E-state index is 11.2. The standard InChI is InChI=1S/C19H19Cl2N3O3/c1-13(2)27-19(25,10-24-11-22-23-12-24)17-8-7-16(9-18(17)21)26-15-5-3-14(20)4-6-15/h3-9,11-13,25H,10H2,1-2H3. The van der Waals surface area contributed by atoms with Crippen molar-refractivity contribution in [3.8, 4) is 11.5 Å². The first kappa shape index (κ1) is 19.6. The van der Waals surface area contributed by atoms with E-state index in [2.05, 4.69) is 10.2 Å². The number of aromatic nitrogens is 3. The molecule has 1 aromatic heterocycles. The first-order valence-electron chi connectivity index (χ1n) is 8.32. The lowest BCUT2D eigenvalue weighted by Crippen LogP contribution is -2.37. The van der Waals surface area contributed by atoms with Crippen molar-refractivity contribution in [1.29, 1.82) is 0 Å². The van der Waals surface area contributed by atoms with Gasteiger partial charge in [-0.25, -0.2) is 0 Å². The second kappa shape index (κ2) is 8.27. The number of hydrogen-bond acceptors (Lipinski definition) is 5. The van der Waals surface area contributed by atoms with Crippen molar-refractivity contribution in [2.45, 2.75) is 32.3 Å². The van der Waals surface area contributed by atoms with Gasteiger partial charge < -0.3 is 19.1 Å². The van der Waals surface area contributed by atoms with E-state index in [1.807, 2.05) is 13.8 Å². The molecule has 0 saturated heterocycles. The third-order valence-corrected chi connectivity index (χ3v) is 4.27. The maximum Gasteiger partial charge on any atom is 0.212 e. The van der Waals surface area contributed by atoms with Gasteiger partial charge in [0.2, 0.25) is 5.79 Å². The Bertz CT molecular complexity index is 886. The summed E-state index contributed by atoms with van der Waals surface area (Å²) in [5.74, 6) is -0.490. The van der Waals surface area contributed by atoms with Crippen molar-refractivity contribution >= 4 is 23.2 Å². The van der Waals surface area contributed by atoms with Gasteiger partial charge in [0.05, 0.1) is 17.7 Å². The molecule has 27 heavy (non-hydrogen) atoms. The first-order chi connectivity index (χ1) is 12.9. The molecule has 1 atom stereocenters. The number of benzene rings is 2. The van der Waals surface area contributed by atoms with E-state index >= 15 is 0 Å². The van der Waals surface area contributed by atoms with Gasteiger partial charge in [0, 0.05) is 10.6 Å². The molecule has 8 heteroatoms. The molecule has 0 bridgehead atoms. The van der Waals surface area contributed by atoms with Gasteiger partial charge in [0.15, 0.2) is 0 Å². The zero-order chi connectivity index (χ0) is 19.4. The van der Waals surface area contributed by atoms with E-state index in [-0.39, 0.29) is 12.6 Å². The van der Waals surface area contributed by atoms with Crippen LogP contribution in [0.5, 0.6) is 11.5 Å². The molecule has 2 aromatic carbocycles. The summed E-state index contributed by atoms with van der Waals surface area (Å²) < 4.78 is 13.2. The monoisotopic (exact) mass is 407 g/mol. The van der Waals surface area contributed by atoms with Gasteiger partial charge in [-0.2, -0.15) is 0 Å². The first-order valence-corrected chi connectivity index (χ1v) is 9.07. The summed E-state index contributed by atoms with van der Waals surface area (Å²) in [5, 5.41) is 19.6. The van der Waals surface area contributed by atoms with Gasteiger partial charge in [-0.3, -0.25) is 0 Å². The van der Waals surface area contributed by atoms with E-state index in [4.69, 9.17) is 32.7 Å². The highest BCUT2D eigenvalue weighted by Crippen LogP contribution is 2.35. The van der Waals surface area contributed by atoms with Crippen molar-refractivity contribution in [3.63, 3.8) is 0 Å². The number of nitrogens with zero attached hydrogens (tertiary/aromatic N) is 3. The van der Waals surface area contributed by atoms with Crippen molar-refractivity contribution in [2.24, 2.45) is 0 Å². The van der Waals surface area contributed by atoms with Crippen LogP contribution < -0.4 is 4.74 Å². The van der Waals surface area contributed by atoms with Crippen LogP contribution in [0.3, 0.4) is 0 Å². The molecule has 1 N–H and O–H groups in total. The van der Waals surface area contributed by atoms with Gasteiger partial charge in [0.25, 0.3) is 0 Å². The second-order valence-electron chi connectivity index (χ2n) is 6.28. The highest BCUT2D eigenvalue weighted by molar-refractivity contribution is 6.31. The molecular formula is C19H19Cl2N3O3. The predicted molar refractivity (Wildman–Crippen MR) is 103 cm³/mol. The Hall–Kier alpha value is -2.12. The van der Waals surface area contributed by atoms with E-state index in [9.17, 15) is 5.11 Å². The van der Waals surface area contributed by atoms with Crippen LogP contribution in [-0.2, 0) is 17.1 Å². The van der Waals surface area contributed by atoms with E-state index in [1.165, 1.54) is 12.7 Å². The molecule has 6 nitrogen and oxygen atoms in total. The number of halogens is 2. The number of aliphatic hydroxyl groups is 1. The molecule has 1 unspecified atom stereocenters. The summed E-state index contributed by atoms with van der Waals surface area (Å²) in [5.41, 5.74) is 0.426. The smallest absolute Gasteiger partial charge is 0.212 e. The highest BCUT2D eigenvalue weighted by atomic mass is 35.5. The molecule has 0 fully saturated rings. The minimum atomic E-state index is -1.65. The normalized spacial score (nSPS) is 13.6. The zero-order valence-electron chi connectivity index (χ0n) is 14.8. The number of rotatable bonds is 7. The highest BCUT2D eigenvalue weighted by Gasteiger charge is 2.34. The van der Waals surface area contributed by atoms with Crippen LogP contribution in [0.2, 0.25) is 10.0 Å². The average molecular weight is 408 g/mol. The molecule has 3 rings (SSSR count). The lowest BCUT2D eigenvalue weighted by Gasteiger charge is -2.31. The Labute approximate surface area is 167 Å². The van der Waals surface area contributed by atoms with Gasteiger partial charge in [0.1, 0.15) is 24.2 Å². The lowest BCUT2D eigenvalue weighted by molar-refractivity contribution is -0.240. The summed E-state index contributed by atoms with van der Waals surface area (Å²) in [6.45, 7) is 3.77. The summed E-state index contributed by atoms with van der Waals surface area (Å²) >= 11 is 12.3. The molecule has 0 saturated carbocycles. The van der Waals surface area contributed by atoms with Gasteiger partial charge in [-0.05, 0) is 56.3 Å². The molecule has 0 amide bonds. The van der Waals surface area contributed by atoms with Crippen molar-refractivity contribution in [1.82, 2.24) is 14.8 Å². The van der Waals surface area contributed by atoms with Crippen molar-refractivity contribution in [3.05, 3.63) is 70.7 Å². The molecule has 3 aromatic rings. The van der Waals surface area contributed by atoms with Crippen LogP contribution in [0.4, 0.5) is 0 Å². The molecule has 0 radical (unpaired) electrons. The molecule has 0 aliphatic carbocycles. The Kier molecular flexibility index (Phi) is 6.01. The molecule has 142 valence electrons. The average Bonchev–Trinajstić information content (AvgIpc) is 3.08. The Morgan fingerprint density at radius 3 is 2.26 bits per heavy atom. The quantitative estimate of drug-likeness (QED) is 0.577. The molecule has 1 heterocycles. The minimum absolute atomic E-state index is 0.0925. The SMILES string of the molecule is CC(C)OC(O)(Cn1cnnc1)c1ccc(Oc2ccc(Cl)cc2)cc1Cl. The third kappa shape index (κ3) is 4.99. The number of ether oxygens (including phenoxy) is 2. The number of hydrogen-bond donors (Lipinski definition) is 1. The molecule has 0 aliphatic rings. The van der Waals surface area contributed by atoms with E-state index in [0.29, 0.717) is 27.1 Å². The zero-order valence-corrected chi connectivity index (χ0v) is 16.4. The van der Waals surface area contributed by atoms with Crippen LogP contribution in [0, 0.1) is 0 Å². The predicted octanol–water partition coefficient (Wildman–Crippen LogP) is 4.65. The van der Waals surface area contributed by atoms with Gasteiger partial charge in [-0.15, -0.1) is 10.2 Å². The largest absolute Gasteiger partial charge is 0.457 e. The van der Waals surface area contributed by atoms with E-state index < -0.39 is 5.79 Å². The fourth-order valence-electron chi connectivity index (χ4n) is 2.64. The Balaban J connectivity index is 1.87. The molecule has 0 spiro atoms. The Morgan fingerprint density at radius 1 is 1.04 bits per heavy atom. The maximum absolute atomic E-state index is 11.2. The summed E-state index contributed by atoms with van der Waals surface area (Å²) in [4.78, 5) is 0. The molecular weight excluding hydrogens is 389 g/mol. The van der Waals surface area contributed by atoms with Crippen LogP contribution in [0.25, 0.3) is 0 Å². The fourth-order valence-corrected chi connectivity index (χ4v) is 3.09.